The van der Waals surface area contributed by atoms with E-state index in [0.717, 1.165) is 50.5 Å². The van der Waals surface area contributed by atoms with E-state index >= 15 is 0 Å². The van der Waals surface area contributed by atoms with E-state index in [1.165, 1.54) is 17.7 Å². The molecule has 0 aromatic heterocycles. The van der Waals surface area contributed by atoms with Crippen LogP contribution in [0.1, 0.15) is 37.8 Å². The van der Waals surface area contributed by atoms with Crippen molar-refractivity contribution in [1.29, 1.82) is 0 Å². The van der Waals surface area contributed by atoms with Crippen molar-refractivity contribution >= 4 is 29.9 Å². The first kappa shape index (κ1) is 27.3. The summed E-state index contributed by atoms with van der Waals surface area (Å²) in [5, 5.41) is 16.2. The Kier molecular flexibility index (Phi) is 11.9. The average molecular weight is 570 g/mol. The van der Waals surface area contributed by atoms with Crippen molar-refractivity contribution in [3.05, 3.63) is 65.5 Å². The molecule has 1 heterocycles. The van der Waals surface area contributed by atoms with Gasteiger partial charge in [-0.3, -0.25) is 4.90 Å². The largest absolute Gasteiger partial charge is 0.489 e. The molecule has 0 spiro atoms. The van der Waals surface area contributed by atoms with Crippen LogP contribution in [0.4, 0.5) is 4.39 Å². The predicted octanol–water partition coefficient (Wildman–Crippen LogP) is 3.92. The third kappa shape index (κ3) is 9.85. The molecule has 0 radical (unpaired) electrons. The Hall–Kier alpha value is -1.91. The third-order valence-electron chi connectivity index (χ3n) is 5.44. The van der Waals surface area contributed by atoms with E-state index in [-0.39, 0.29) is 42.0 Å². The van der Waals surface area contributed by atoms with Gasteiger partial charge >= 0.3 is 0 Å². The first-order valence-electron chi connectivity index (χ1n) is 11.4. The van der Waals surface area contributed by atoms with Crippen LogP contribution < -0.4 is 15.4 Å². The Labute approximate surface area is 213 Å². The normalized spacial score (nSPS) is 16.1. The number of guanidine groups is 1. The predicted molar refractivity (Wildman–Crippen MR) is 142 cm³/mol. The molecule has 33 heavy (non-hydrogen) atoms. The smallest absolute Gasteiger partial charge is 0.191 e. The van der Waals surface area contributed by atoms with Gasteiger partial charge in [-0.05, 0) is 49.9 Å². The van der Waals surface area contributed by atoms with Crippen LogP contribution in [-0.2, 0) is 13.1 Å². The monoisotopic (exact) mass is 570 g/mol. The number of benzene rings is 2. The van der Waals surface area contributed by atoms with Crippen molar-refractivity contribution in [3.63, 3.8) is 0 Å². The molecule has 3 N–H and O–H groups in total. The van der Waals surface area contributed by atoms with E-state index < -0.39 is 0 Å². The van der Waals surface area contributed by atoms with Gasteiger partial charge in [-0.2, -0.15) is 0 Å². The summed E-state index contributed by atoms with van der Waals surface area (Å²) in [6.07, 6.45) is 1.44. The first-order valence-corrected chi connectivity index (χ1v) is 11.4. The Balaban J connectivity index is 0.00000385. The molecule has 0 bridgehead atoms. The number of hydrogen-bond acceptors (Lipinski definition) is 4. The highest BCUT2D eigenvalue weighted by molar-refractivity contribution is 14.0. The molecule has 6 nitrogen and oxygen atoms in total. The Bertz CT molecular complexity index is 858. The lowest BCUT2D eigenvalue weighted by atomic mass is 10.1. The fourth-order valence-corrected chi connectivity index (χ4v) is 3.65. The van der Waals surface area contributed by atoms with Gasteiger partial charge in [0.15, 0.2) is 5.96 Å². The van der Waals surface area contributed by atoms with Crippen LogP contribution in [0.25, 0.3) is 0 Å². The van der Waals surface area contributed by atoms with Crippen molar-refractivity contribution in [1.82, 2.24) is 15.5 Å². The minimum atomic E-state index is -0.307. The quantitative estimate of drug-likeness (QED) is 0.242. The SMILES string of the molecule is CCNC(=NCc1ccc(CN2CCC(O)CC2)cc1)NCC(C)Oc1cccc(F)c1.I. The number of rotatable bonds is 9. The van der Waals surface area contributed by atoms with Gasteiger partial charge in [0.1, 0.15) is 17.7 Å². The molecule has 3 rings (SSSR count). The van der Waals surface area contributed by atoms with E-state index in [4.69, 9.17) is 4.74 Å². The number of likely N-dealkylation sites (tertiary alicyclic amines) is 1. The van der Waals surface area contributed by atoms with Gasteiger partial charge in [-0.25, -0.2) is 9.38 Å². The summed E-state index contributed by atoms with van der Waals surface area (Å²) >= 11 is 0. The maximum absolute atomic E-state index is 13.3. The Morgan fingerprint density at radius 1 is 1.15 bits per heavy atom. The molecule has 1 aliphatic rings. The van der Waals surface area contributed by atoms with Gasteiger partial charge in [0, 0.05) is 32.2 Å². The van der Waals surface area contributed by atoms with Crippen molar-refractivity contribution in [2.75, 3.05) is 26.2 Å². The summed E-state index contributed by atoms with van der Waals surface area (Å²) in [5.74, 6) is 0.929. The summed E-state index contributed by atoms with van der Waals surface area (Å²) in [6, 6.07) is 14.7. The third-order valence-corrected chi connectivity index (χ3v) is 5.44. The molecule has 1 atom stereocenters. The Morgan fingerprint density at radius 3 is 2.52 bits per heavy atom. The molecule has 1 fully saturated rings. The second kappa shape index (κ2) is 14.4. The number of aliphatic hydroxyl groups excluding tert-OH is 1. The topological polar surface area (TPSA) is 69.1 Å². The van der Waals surface area contributed by atoms with Crippen LogP contribution in [0.15, 0.2) is 53.5 Å². The van der Waals surface area contributed by atoms with Gasteiger partial charge in [0.2, 0.25) is 0 Å². The van der Waals surface area contributed by atoms with Crippen molar-refractivity contribution < 1.29 is 14.2 Å². The van der Waals surface area contributed by atoms with Gasteiger partial charge in [0.25, 0.3) is 0 Å². The number of aliphatic imine (C=N–C) groups is 1. The van der Waals surface area contributed by atoms with Gasteiger partial charge in [-0.15, -0.1) is 24.0 Å². The van der Waals surface area contributed by atoms with E-state index in [1.54, 1.807) is 12.1 Å². The molecule has 1 saturated heterocycles. The summed E-state index contributed by atoms with van der Waals surface area (Å²) in [6.45, 7) is 8.66. The molecule has 2 aromatic carbocycles. The standard InChI is InChI=1S/C25H35FN4O2.HI/c1-3-27-25(28-16-19(2)32-24-6-4-5-22(26)15-24)29-17-20-7-9-21(10-8-20)18-30-13-11-23(31)12-14-30;/h4-10,15,19,23,31H,3,11-14,16-18H2,1-2H3,(H2,27,28,29);1H. The molecule has 0 aliphatic carbocycles. The minimum Gasteiger partial charge on any atom is -0.489 e. The fraction of sp³-hybridized carbons (Fsp3) is 0.480. The number of nitrogens with zero attached hydrogens (tertiary/aromatic N) is 2. The lowest BCUT2D eigenvalue weighted by Gasteiger charge is -2.29. The summed E-state index contributed by atoms with van der Waals surface area (Å²) in [5.41, 5.74) is 2.42. The summed E-state index contributed by atoms with van der Waals surface area (Å²) in [4.78, 5) is 7.06. The van der Waals surface area contributed by atoms with E-state index in [2.05, 4.69) is 44.8 Å². The van der Waals surface area contributed by atoms with E-state index in [0.29, 0.717) is 18.8 Å². The molecular weight excluding hydrogens is 534 g/mol. The number of piperidine rings is 1. The molecule has 0 amide bonds. The Morgan fingerprint density at radius 2 is 1.85 bits per heavy atom. The van der Waals surface area contributed by atoms with Crippen molar-refractivity contribution in [2.45, 2.75) is 52.0 Å². The zero-order valence-electron chi connectivity index (χ0n) is 19.5. The second-order valence-electron chi connectivity index (χ2n) is 8.29. The molecule has 2 aromatic rings. The number of halogens is 2. The second-order valence-corrected chi connectivity index (χ2v) is 8.29. The molecule has 8 heteroatoms. The lowest BCUT2D eigenvalue weighted by Crippen LogP contribution is -2.41. The van der Waals surface area contributed by atoms with Crippen LogP contribution in [0.3, 0.4) is 0 Å². The minimum absolute atomic E-state index is 0. The first-order chi connectivity index (χ1) is 15.5. The molecular formula is C25H36FIN4O2. The maximum atomic E-state index is 13.3. The molecule has 0 saturated carbocycles. The number of nitrogens with one attached hydrogen (secondary N) is 2. The van der Waals surface area contributed by atoms with Crippen LogP contribution in [0.5, 0.6) is 5.75 Å². The van der Waals surface area contributed by atoms with Gasteiger partial charge in [0.05, 0.1) is 19.2 Å². The number of aliphatic hydroxyl groups is 1. The lowest BCUT2D eigenvalue weighted by molar-refractivity contribution is 0.0792. The van der Waals surface area contributed by atoms with Gasteiger partial charge < -0.3 is 20.5 Å². The maximum Gasteiger partial charge on any atom is 0.191 e. The summed E-state index contributed by atoms with van der Waals surface area (Å²) < 4.78 is 19.1. The fourth-order valence-electron chi connectivity index (χ4n) is 3.65. The highest BCUT2D eigenvalue weighted by Crippen LogP contribution is 2.15. The molecule has 182 valence electrons. The highest BCUT2D eigenvalue weighted by atomic mass is 127. The molecule has 1 aliphatic heterocycles. The summed E-state index contributed by atoms with van der Waals surface area (Å²) in [7, 11) is 0. The molecule has 1 unspecified atom stereocenters. The van der Waals surface area contributed by atoms with Crippen molar-refractivity contribution in [3.8, 4) is 5.75 Å². The van der Waals surface area contributed by atoms with Crippen LogP contribution in [0.2, 0.25) is 0 Å². The van der Waals surface area contributed by atoms with E-state index in [1.807, 2.05) is 13.8 Å². The van der Waals surface area contributed by atoms with Gasteiger partial charge in [-0.1, -0.05) is 30.3 Å². The number of hydrogen-bond donors (Lipinski definition) is 3. The van der Waals surface area contributed by atoms with Crippen LogP contribution >= 0.6 is 24.0 Å². The average Bonchev–Trinajstić information content (AvgIpc) is 2.78. The van der Waals surface area contributed by atoms with Crippen LogP contribution in [0, 0.1) is 5.82 Å². The zero-order chi connectivity index (χ0) is 22.8. The van der Waals surface area contributed by atoms with Crippen molar-refractivity contribution in [2.24, 2.45) is 4.99 Å². The number of ether oxygens (including phenoxy) is 1. The van der Waals surface area contributed by atoms with E-state index in [9.17, 15) is 9.50 Å². The highest BCUT2D eigenvalue weighted by Gasteiger charge is 2.16. The van der Waals surface area contributed by atoms with Crippen LogP contribution in [-0.4, -0.2) is 54.4 Å². The zero-order valence-corrected chi connectivity index (χ0v) is 21.8.